The summed E-state index contributed by atoms with van der Waals surface area (Å²) < 4.78 is 11.5. The molecule has 1 aromatic carbocycles. The lowest BCUT2D eigenvalue weighted by Gasteiger charge is -2.12. The number of carbonyl (C=O) groups is 1. The van der Waals surface area contributed by atoms with Crippen molar-refractivity contribution < 1.29 is 14.3 Å². The largest absolute Gasteiger partial charge is 0.492 e. The lowest BCUT2D eigenvalue weighted by atomic mass is 10.3. The average molecular weight is 316 g/mol. The number of nitrogens with one attached hydrogen (secondary N) is 1. The summed E-state index contributed by atoms with van der Waals surface area (Å²) in [4.78, 5) is 11.3. The number of ether oxygens (including phenoxy) is 2. The van der Waals surface area contributed by atoms with Gasteiger partial charge in [-0.25, -0.2) is 4.79 Å². The molecule has 0 aromatic heterocycles. The Morgan fingerprint density at radius 1 is 1.39 bits per heavy atom. The van der Waals surface area contributed by atoms with Crippen molar-refractivity contribution in [3.05, 3.63) is 28.7 Å². The van der Waals surface area contributed by atoms with Gasteiger partial charge in [0.1, 0.15) is 18.5 Å². The maximum absolute atomic E-state index is 11.3. The first-order valence-corrected chi connectivity index (χ1v) is 6.74. The maximum Gasteiger partial charge on any atom is 0.407 e. The first-order chi connectivity index (χ1) is 8.61. The van der Waals surface area contributed by atoms with Crippen LogP contribution in [0.25, 0.3) is 0 Å². The van der Waals surface area contributed by atoms with Crippen LogP contribution in [0.4, 0.5) is 4.79 Å². The monoisotopic (exact) mass is 315 g/mol. The van der Waals surface area contributed by atoms with Gasteiger partial charge in [0.25, 0.3) is 0 Å². The summed E-state index contributed by atoms with van der Waals surface area (Å²) in [5.74, 6) is 0.773. The Morgan fingerprint density at radius 2 is 2.06 bits per heavy atom. The van der Waals surface area contributed by atoms with Gasteiger partial charge in [-0.15, -0.1) is 0 Å². The minimum absolute atomic E-state index is 0.0580. The zero-order valence-corrected chi connectivity index (χ0v) is 12.2. The summed E-state index contributed by atoms with van der Waals surface area (Å²) in [6, 6.07) is 7.53. The number of halogens is 1. The van der Waals surface area contributed by atoms with E-state index in [1.54, 1.807) is 0 Å². The van der Waals surface area contributed by atoms with E-state index in [4.69, 9.17) is 9.47 Å². The fourth-order valence-electron chi connectivity index (χ4n) is 1.16. The third-order valence-corrected chi connectivity index (χ3v) is 2.87. The highest BCUT2D eigenvalue weighted by Crippen LogP contribution is 2.15. The van der Waals surface area contributed by atoms with Crippen molar-refractivity contribution in [2.24, 2.45) is 0 Å². The Morgan fingerprint density at radius 3 is 2.67 bits per heavy atom. The van der Waals surface area contributed by atoms with Crippen LogP contribution in [0, 0.1) is 0 Å². The van der Waals surface area contributed by atoms with Crippen LogP contribution in [0.5, 0.6) is 5.75 Å². The second-order valence-corrected chi connectivity index (χ2v) is 4.77. The molecule has 100 valence electrons. The van der Waals surface area contributed by atoms with Crippen molar-refractivity contribution in [2.45, 2.75) is 26.4 Å². The number of alkyl carbamates (subject to hydrolysis) is 1. The zero-order valence-electron chi connectivity index (χ0n) is 10.6. The predicted octanol–water partition coefficient (Wildman–Crippen LogP) is 3.35. The van der Waals surface area contributed by atoms with Crippen LogP contribution in [-0.4, -0.2) is 25.3 Å². The van der Waals surface area contributed by atoms with Gasteiger partial charge in [0.05, 0.1) is 6.54 Å². The summed E-state index contributed by atoms with van der Waals surface area (Å²) in [5.41, 5.74) is 0. The van der Waals surface area contributed by atoms with Crippen LogP contribution >= 0.6 is 15.9 Å². The summed E-state index contributed by atoms with van der Waals surface area (Å²) in [7, 11) is 0. The van der Waals surface area contributed by atoms with Crippen molar-refractivity contribution in [1.82, 2.24) is 5.32 Å². The van der Waals surface area contributed by atoms with E-state index in [0.29, 0.717) is 13.2 Å². The van der Waals surface area contributed by atoms with Crippen LogP contribution in [0.2, 0.25) is 0 Å². The van der Waals surface area contributed by atoms with Crippen LogP contribution in [-0.2, 0) is 4.74 Å². The van der Waals surface area contributed by atoms with Gasteiger partial charge in [0.2, 0.25) is 0 Å². The molecule has 0 fully saturated rings. The molecule has 1 atom stereocenters. The number of rotatable bonds is 6. The quantitative estimate of drug-likeness (QED) is 0.819. The molecule has 0 heterocycles. The van der Waals surface area contributed by atoms with E-state index in [2.05, 4.69) is 21.2 Å². The zero-order chi connectivity index (χ0) is 13.4. The van der Waals surface area contributed by atoms with Gasteiger partial charge < -0.3 is 14.8 Å². The highest BCUT2D eigenvalue weighted by atomic mass is 79.9. The summed E-state index contributed by atoms with van der Waals surface area (Å²) in [6.07, 6.45) is 0.351. The Balaban J connectivity index is 2.15. The molecule has 1 amide bonds. The number of hydrogen-bond donors (Lipinski definition) is 1. The third kappa shape index (κ3) is 5.91. The number of benzene rings is 1. The van der Waals surface area contributed by atoms with Crippen molar-refractivity contribution in [1.29, 1.82) is 0 Å². The molecule has 0 saturated carbocycles. The molecule has 1 aromatic rings. The molecule has 0 radical (unpaired) electrons. The highest BCUT2D eigenvalue weighted by Gasteiger charge is 2.05. The lowest BCUT2D eigenvalue weighted by Crippen LogP contribution is -2.31. The molecule has 0 saturated heterocycles. The first kappa shape index (κ1) is 14.8. The Hall–Kier alpha value is -1.23. The predicted molar refractivity (Wildman–Crippen MR) is 73.9 cm³/mol. The van der Waals surface area contributed by atoms with Gasteiger partial charge in [-0.1, -0.05) is 22.9 Å². The van der Waals surface area contributed by atoms with Crippen molar-refractivity contribution in [3.63, 3.8) is 0 Å². The second kappa shape index (κ2) is 7.97. The first-order valence-electron chi connectivity index (χ1n) is 5.94. The summed E-state index contributed by atoms with van der Waals surface area (Å²) in [5, 5.41) is 2.63. The van der Waals surface area contributed by atoms with Gasteiger partial charge in [-0.05, 0) is 37.6 Å². The van der Waals surface area contributed by atoms with E-state index in [0.717, 1.165) is 16.6 Å². The Bertz CT molecular complexity index is 367. The summed E-state index contributed by atoms with van der Waals surface area (Å²) >= 11 is 3.35. The molecular weight excluding hydrogens is 298 g/mol. The van der Waals surface area contributed by atoms with E-state index < -0.39 is 6.09 Å². The van der Waals surface area contributed by atoms with Crippen molar-refractivity contribution in [3.8, 4) is 5.75 Å². The van der Waals surface area contributed by atoms with Gasteiger partial charge in [0.15, 0.2) is 0 Å². The highest BCUT2D eigenvalue weighted by molar-refractivity contribution is 9.10. The molecule has 0 aliphatic carbocycles. The number of amides is 1. The van der Waals surface area contributed by atoms with Gasteiger partial charge in [0, 0.05) is 4.47 Å². The smallest absolute Gasteiger partial charge is 0.407 e. The fourth-order valence-corrected chi connectivity index (χ4v) is 1.42. The summed E-state index contributed by atoms with van der Waals surface area (Å²) in [6.45, 7) is 4.66. The molecular formula is C13H18BrNO3. The van der Waals surface area contributed by atoms with E-state index in [1.165, 1.54) is 0 Å². The standard InChI is InChI=1S/C13H18BrNO3/c1-3-10(2)18-13(16)15-8-9-17-12-6-4-11(14)5-7-12/h4-7,10H,3,8-9H2,1-2H3,(H,15,16). The van der Waals surface area contributed by atoms with Gasteiger partial charge in [-0.2, -0.15) is 0 Å². The molecule has 0 bridgehead atoms. The van der Waals surface area contributed by atoms with E-state index >= 15 is 0 Å². The van der Waals surface area contributed by atoms with Crippen LogP contribution < -0.4 is 10.1 Å². The lowest BCUT2D eigenvalue weighted by molar-refractivity contribution is 0.103. The van der Waals surface area contributed by atoms with Gasteiger partial charge in [-0.3, -0.25) is 0 Å². The molecule has 0 aliphatic heterocycles. The Kier molecular flexibility index (Phi) is 6.57. The van der Waals surface area contributed by atoms with Crippen LogP contribution in [0.1, 0.15) is 20.3 Å². The molecule has 5 heteroatoms. The van der Waals surface area contributed by atoms with Crippen molar-refractivity contribution >= 4 is 22.0 Å². The third-order valence-electron chi connectivity index (χ3n) is 2.34. The van der Waals surface area contributed by atoms with Crippen molar-refractivity contribution in [2.75, 3.05) is 13.2 Å². The fraction of sp³-hybridized carbons (Fsp3) is 0.462. The van der Waals surface area contributed by atoms with Gasteiger partial charge >= 0.3 is 6.09 Å². The molecule has 1 unspecified atom stereocenters. The van der Waals surface area contributed by atoms with E-state index in [9.17, 15) is 4.79 Å². The number of hydrogen-bond acceptors (Lipinski definition) is 3. The molecule has 18 heavy (non-hydrogen) atoms. The molecule has 0 spiro atoms. The average Bonchev–Trinajstić information content (AvgIpc) is 2.36. The molecule has 1 rings (SSSR count). The minimum atomic E-state index is -0.399. The number of carbonyl (C=O) groups excluding carboxylic acids is 1. The molecule has 4 nitrogen and oxygen atoms in total. The Labute approximate surface area is 116 Å². The van der Waals surface area contributed by atoms with E-state index in [1.807, 2.05) is 38.1 Å². The van der Waals surface area contributed by atoms with Crippen LogP contribution in [0.15, 0.2) is 28.7 Å². The molecule has 1 N–H and O–H groups in total. The second-order valence-electron chi connectivity index (χ2n) is 3.85. The SMILES string of the molecule is CCC(C)OC(=O)NCCOc1ccc(Br)cc1. The van der Waals surface area contributed by atoms with E-state index in [-0.39, 0.29) is 6.10 Å². The topological polar surface area (TPSA) is 47.6 Å². The van der Waals surface area contributed by atoms with Crippen LogP contribution in [0.3, 0.4) is 0 Å². The normalized spacial score (nSPS) is 11.7. The maximum atomic E-state index is 11.3. The minimum Gasteiger partial charge on any atom is -0.492 e. The molecule has 0 aliphatic rings.